The van der Waals surface area contributed by atoms with Crippen molar-refractivity contribution in [2.45, 2.75) is 32.2 Å². The summed E-state index contributed by atoms with van der Waals surface area (Å²) in [5.74, 6) is 0.486. The van der Waals surface area contributed by atoms with Crippen LogP contribution in [0.25, 0.3) is 0 Å². The molecular weight excluding hydrogens is 224 g/mol. The third kappa shape index (κ3) is 2.00. The highest BCUT2D eigenvalue weighted by Crippen LogP contribution is 2.41. The molecule has 0 spiro atoms. The lowest BCUT2D eigenvalue weighted by molar-refractivity contribution is 0.619. The summed E-state index contributed by atoms with van der Waals surface area (Å²) in [4.78, 5) is 0. The number of aromatic nitrogens is 3. The minimum atomic E-state index is 0.486. The number of aryl methyl sites for hydroxylation is 1. The Hall–Kier alpha value is -2.15. The molecule has 0 N–H and O–H groups in total. The normalized spacial score (nSPS) is 14.4. The highest BCUT2D eigenvalue weighted by atomic mass is 15.4. The van der Waals surface area contributed by atoms with E-state index in [1.165, 1.54) is 11.1 Å². The van der Waals surface area contributed by atoms with Crippen LogP contribution in [0.3, 0.4) is 0 Å². The summed E-state index contributed by atoms with van der Waals surface area (Å²) in [6.07, 6.45) is 2.30. The van der Waals surface area contributed by atoms with Gasteiger partial charge in [0.15, 0.2) is 5.69 Å². The maximum Gasteiger partial charge on any atom is 0.186 e. The van der Waals surface area contributed by atoms with Gasteiger partial charge in [-0.3, -0.25) is 0 Å². The van der Waals surface area contributed by atoms with Crippen molar-refractivity contribution in [1.29, 1.82) is 5.26 Å². The first kappa shape index (κ1) is 11.0. The summed E-state index contributed by atoms with van der Waals surface area (Å²) in [5, 5.41) is 17.1. The van der Waals surface area contributed by atoms with Gasteiger partial charge in [-0.25, -0.2) is 4.68 Å². The predicted octanol–water partition coefficient (Wildman–Crippen LogP) is 2.38. The minimum absolute atomic E-state index is 0.486. The third-order valence-electron chi connectivity index (χ3n) is 3.30. The van der Waals surface area contributed by atoms with Crippen LogP contribution in [-0.2, 0) is 6.54 Å². The van der Waals surface area contributed by atoms with E-state index in [1.54, 1.807) is 0 Å². The number of nitriles is 1. The van der Waals surface area contributed by atoms with Gasteiger partial charge in [-0.1, -0.05) is 35.0 Å². The fourth-order valence-corrected chi connectivity index (χ4v) is 2.14. The van der Waals surface area contributed by atoms with Crippen molar-refractivity contribution in [3.63, 3.8) is 0 Å². The Morgan fingerprint density at radius 1 is 1.33 bits per heavy atom. The maximum atomic E-state index is 9.05. The van der Waals surface area contributed by atoms with Crippen LogP contribution < -0.4 is 0 Å². The van der Waals surface area contributed by atoms with E-state index >= 15 is 0 Å². The maximum absolute atomic E-state index is 9.05. The molecule has 0 amide bonds. The van der Waals surface area contributed by atoms with Crippen LogP contribution in [0.1, 0.15) is 41.3 Å². The first-order chi connectivity index (χ1) is 8.78. The van der Waals surface area contributed by atoms with E-state index in [-0.39, 0.29) is 0 Å². The van der Waals surface area contributed by atoms with Crippen molar-refractivity contribution >= 4 is 0 Å². The second kappa shape index (κ2) is 4.26. The lowest BCUT2D eigenvalue weighted by Crippen LogP contribution is -2.06. The van der Waals surface area contributed by atoms with Crippen molar-refractivity contribution in [1.82, 2.24) is 15.0 Å². The Labute approximate surface area is 106 Å². The highest BCUT2D eigenvalue weighted by molar-refractivity contribution is 5.31. The summed E-state index contributed by atoms with van der Waals surface area (Å²) < 4.78 is 1.88. The van der Waals surface area contributed by atoms with Crippen molar-refractivity contribution in [2.24, 2.45) is 0 Å². The molecule has 2 aromatic rings. The van der Waals surface area contributed by atoms with Gasteiger partial charge in [0.2, 0.25) is 0 Å². The average molecular weight is 238 g/mol. The second-order valence-corrected chi connectivity index (χ2v) is 4.85. The molecule has 90 valence electrons. The van der Waals surface area contributed by atoms with Crippen molar-refractivity contribution in [2.75, 3.05) is 0 Å². The van der Waals surface area contributed by atoms with Crippen LogP contribution in [0.15, 0.2) is 24.3 Å². The van der Waals surface area contributed by atoms with Crippen molar-refractivity contribution in [3.8, 4) is 6.07 Å². The molecule has 0 unspecified atom stereocenters. The molecule has 1 aliphatic rings. The molecule has 1 aromatic carbocycles. The molecule has 0 saturated heterocycles. The molecule has 4 heteroatoms. The van der Waals surface area contributed by atoms with Gasteiger partial charge in [0.25, 0.3) is 0 Å². The van der Waals surface area contributed by atoms with Crippen molar-refractivity contribution < 1.29 is 0 Å². The molecule has 3 rings (SSSR count). The van der Waals surface area contributed by atoms with Gasteiger partial charge in [0.1, 0.15) is 6.07 Å². The summed E-state index contributed by atoms with van der Waals surface area (Å²) >= 11 is 0. The molecule has 0 atom stereocenters. The largest absolute Gasteiger partial charge is 0.243 e. The van der Waals surface area contributed by atoms with Crippen LogP contribution in [-0.4, -0.2) is 15.0 Å². The van der Waals surface area contributed by atoms with Gasteiger partial charge in [0.05, 0.1) is 12.2 Å². The summed E-state index contributed by atoms with van der Waals surface area (Å²) in [5.41, 5.74) is 3.94. The van der Waals surface area contributed by atoms with Gasteiger partial charge in [-0.05, 0) is 25.3 Å². The second-order valence-electron chi connectivity index (χ2n) is 4.85. The Morgan fingerprint density at radius 2 is 2.06 bits per heavy atom. The smallest absolute Gasteiger partial charge is 0.186 e. The van der Waals surface area contributed by atoms with E-state index in [4.69, 9.17) is 5.26 Å². The van der Waals surface area contributed by atoms with Gasteiger partial charge < -0.3 is 0 Å². The number of benzene rings is 1. The van der Waals surface area contributed by atoms with Gasteiger partial charge in [-0.15, -0.1) is 5.10 Å². The SMILES string of the molecule is Cc1ccc(Cn2nnc(C#N)c2C2CC2)cc1. The molecular formula is C14H14N4. The number of nitrogens with zero attached hydrogens (tertiary/aromatic N) is 4. The summed E-state index contributed by atoms with van der Waals surface area (Å²) in [6.45, 7) is 2.77. The lowest BCUT2D eigenvalue weighted by atomic mass is 10.1. The fourth-order valence-electron chi connectivity index (χ4n) is 2.14. The van der Waals surface area contributed by atoms with Crippen LogP contribution in [0.4, 0.5) is 0 Å². The fraction of sp³-hybridized carbons (Fsp3) is 0.357. The Bertz CT molecular complexity index is 600. The monoisotopic (exact) mass is 238 g/mol. The molecule has 1 heterocycles. The molecule has 1 aliphatic carbocycles. The summed E-state index contributed by atoms with van der Waals surface area (Å²) in [6, 6.07) is 10.5. The van der Waals surface area contributed by atoms with Crippen LogP contribution in [0.2, 0.25) is 0 Å². The number of rotatable bonds is 3. The standard InChI is InChI=1S/C14H14N4/c1-10-2-4-11(5-3-10)9-18-14(12-6-7-12)13(8-15)16-17-18/h2-5,12H,6-7,9H2,1H3. The Morgan fingerprint density at radius 3 is 2.67 bits per heavy atom. The van der Waals surface area contributed by atoms with Crippen LogP contribution in [0, 0.1) is 18.3 Å². The average Bonchev–Trinajstić information content (AvgIpc) is 3.14. The van der Waals surface area contributed by atoms with Gasteiger partial charge >= 0.3 is 0 Å². The molecule has 0 bridgehead atoms. The molecule has 1 aromatic heterocycles. The number of hydrogen-bond acceptors (Lipinski definition) is 3. The molecule has 0 aliphatic heterocycles. The number of hydrogen-bond donors (Lipinski definition) is 0. The molecule has 0 radical (unpaired) electrons. The zero-order valence-electron chi connectivity index (χ0n) is 10.3. The van der Waals surface area contributed by atoms with E-state index in [2.05, 4.69) is 47.6 Å². The molecule has 1 saturated carbocycles. The van der Waals surface area contributed by atoms with Gasteiger partial charge in [-0.2, -0.15) is 5.26 Å². The topological polar surface area (TPSA) is 54.5 Å². The van der Waals surface area contributed by atoms with E-state index < -0.39 is 0 Å². The van der Waals surface area contributed by atoms with E-state index in [1.807, 2.05) is 4.68 Å². The minimum Gasteiger partial charge on any atom is -0.243 e. The van der Waals surface area contributed by atoms with Crippen molar-refractivity contribution in [3.05, 3.63) is 46.8 Å². The Balaban J connectivity index is 1.91. The Kier molecular flexibility index (Phi) is 2.60. The van der Waals surface area contributed by atoms with Crippen LogP contribution in [0.5, 0.6) is 0 Å². The first-order valence-electron chi connectivity index (χ1n) is 6.17. The third-order valence-corrected chi connectivity index (χ3v) is 3.30. The van der Waals surface area contributed by atoms with E-state index in [0.29, 0.717) is 18.2 Å². The van der Waals surface area contributed by atoms with Crippen LogP contribution >= 0.6 is 0 Å². The van der Waals surface area contributed by atoms with E-state index in [9.17, 15) is 0 Å². The zero-order chi connectivity index (χ0) is 12.5. The predicted molar refractivity (Wildman–Crippen MR) is 67.0 cm³/mol. The molecule has 18 heavy (non-hydrogen) atoms. The first-order valence-corrected chi connectivity index (χ1v) is 6.17. The summed E-state index contributed by atoms with van der Waals surface area (Å²) in [7, 11) is 0. The zero-order valence-corrected chi connectivity index (χ0v) is 10.3. The molecule has 1 fully saturated rings. The highest BCUT2D eigenvalue weighted by Gasteiger charge is 2.31. The quantitative estimate of drug-likeness (QED) is 0.825. The molecule has 4 nitrogen and oxygen atoms in total. The van der Waals surface area contributed by atoms with E-state index in [0.717, 1.165) is 18.5 Å². The lowest BCUT2D eigenvalue weighted by Gasteiger charge is -2.06. The van der Waals surface area contributed by atoms with Gasteiger partial charge in [0, 0.05) is 5.92 Å².